The lowest BCUT2D eigenvalue weighted by Crippen LogP contribution is -2.30. The van der Waals surface area contributed by atoms with Gasteiger partial charge in [-0.2, -0.15) is 0 Å². The number of hydrogen-bond donors (Lipinski definition) is 1. The maximum absolute atomic E-state index is 12.4. The zero-order chi connectivity index (χ0) is 18.6. The van der Waals surface area contributed by atoms with Crippen LogP contribution in [-0.4, -0.2) is 18.0 Å². The molecule has 2 aromatic carbocycles. The Labute approximate surface area is 149 Å². The van der Waals surface area contributed by atoms with Crippen molar-refractivity contribution in [3.63, 3.8) is 0 Å². The van der Waals surface area contributed by atoms with E-state index < -0.39 is 12.1 Å². The molecule has 1 amide bonds. The van der Waals surface area contributed by atoms with Gasteiger partial charge in [0.25, 0.3) is 5.91 Å². The lowest BCUT2D eigenvalue weighted by molar-refractivity contribution is -0.123. The van der Waals surface area contributed by atoms with Crippen molar-refractivity contribution >= 4 is 17.6 Å². The summed E-state index contributed by atoms with van der Waals surface area (Å²) in [6.07, 6.45) is -0.0629. The number of carbonyl (C=O) groups is 2. The molecule has 0 radical (unpaired) electrons. The van der Waals surface area contributed by atoms with Crippen LogP contribution in [-0.2, 0) is 16.0 Å². The normalized spacial score (nSPS) is 11.7. The first-order valence-corrected chi connectivity index (χ1v) is 8.51. The first-order valence-electron chi connectivity index (χ1n) is 8.51. The smallest absolute Gasteiger partial charge is 0.338 e. The highest BCUT2D eigenvalue weighted by Gasteiger charge is 2.20. The van der Waals surface area contributed by atoms with Gasteiger partial charge in [0.1, 0.15) is 0 Å². The van der Waals surface area contributed by atoms with E-state index in [1.165, 1.54) is 0 Å². The third-order valence-electron chi connectivity index (χ3n) is 4.38. The Morgan fingerprint density at radius 3 is 2.40 bits per heavy atom. The van der Waals surface area contributed by atoms with Crippen LogP contribution in [0.25, 0.3) is 0 Å². The van der Waals surface area contributed by atoms with E-state index >= 15 is 0 Å². The highest BCUT2D eigenvalue weighted by atomic mass is 16.5. The Hall–Kier alpha value is -2.62. The van der Waals surface area contributed by atoms with Gasteiger partial charge in [-0.05, 0) is 68.5 Å². The van der Waals surface area contributed by atoms with Crippen molar-refractivity contribution in [3.05, 3.63) is 64.2 Å². The fourth-order valence-electron chi connectivity index (χ4n) is 2.58. The van der Waals surface area contributed by atoms with Crippen LogP contribution in [0.4, 0.5) is 5.69 Å². The lowest BCUT2D eigenvalue weighted by atomic mass is 10.1. The summed E-state index contributed by atoms with van der Waals surface area (Å²) >= 11 is 0. The summed E-state index contributed by atoms with van der Waals surface area (Å²) in [5.41, 5.74) is 5.41. The summed E-state index contributed by atoms with van der Waals surface area (Å²) in [5.74, 6) is -0.826. The van der Waals surface area contributed by atoms with Crippen molar-refractivity contribution in [2.75, 3.05) is 5.32 Å². The molecule has 0 aromatic heterocycles. The molecule has 0 aliphatic carbocycles. The second-order valence-electron chi connectivity index (χ2n) is 6.30. The van der Waals surface area contributed by atoms with Crippen LogP contribution in [0.3, 0.4) is 0 Å². The van der Waals surface area contributed by atoms with E-state index in [-0.39, 0.29) is 5.91 Å². The second-order valence-corrected chi connectivity index (χ2v) is 6.30. The lowest BCUT2D eigenvalue weighted by Gasteiger charge is -2.17. The van der Waals surface area contributed by atoms with E-state index in [1.54, 1.807) is 19.1 Å². The van der Waals surface area contributed by atoms with Crippen LogP contribution < -0.4 is 5.32 Å². The molecule has 132 valence electrons. The number of carbonyl (C=O) groups excluding carboxylic acids is 2. The molecule has 0 aliphatic rings. The van der Waals surface area contributed by atoms with Crippen LogP contribution in [0.2, 0.25) is 0 Å². The molecule has 0 bridgehead atoms. The van der Waals surface area contributed by atoms with Crippen molar-refractivity contribution in [1.82, 2.24) is 0 Å². The van der Waals surface area contributed by atoms with Crippen molar-refractivity contribution in [3.8, 4) is 0 Å². The predicted octanol–water partition coefficient (Wildman–Crippen LogP) is 4.36. The molecule has 4 nitrogen and oxygen atoms in total. The van der Waals surface area contributed by atoms with Gasteiger partial charge in [0.15, 0.2) is 6.10 Å². The molecule has 25 heavy (non-hydrogen) atoms. The van der Waals surface area contributed by atoms with Crippen LogP contribution in [0, 0.1) is 20.8 Å². The van der Waals surface area contributed by atoms with Gasteiger partial charge in [-0.1, -0.05) is 31.2 Å². The predicted molar refractivity (Wildman–Crippen MR) is 100.0 cm³/mol. The number of esters is 1. The summed E-state index contributed by atoms with van der Waals surface area (Å²) in [5, 5.41) is 2.89. The first-order chi connectivity index (χ1) is 11.8. The molecule has 1 atom stereocenters. The van der Waals surface area contributed by atoms with Gasteiger partial charge in [-0.25, -0.2) is 4.79 Å². The van der Waals surface area contributed by atoms with Gasteiger partial charge in [0.05, 0.1) is 5.56 Å². The van der Waals surface area contributed by atoms with Crippen molar-refractivity contribution in [1.29, 1.82) is 0 Å². The average Bonchev–Trinajstić information content (AvgIpc) is 2.58. The fraction of sp³-hybridized carbons (Fsp3) is 0.333. The van der Waals surface area contributed by atoms with E-state index in [0.29, 0.717) is 5.56 Å². The van der Waals surface area contributed by atoms with E-state index in [1.807, 2.05) is 52.0 Å². The SMILES string of the molecule is CCc1cccc(C)c1NC(=O)[C@H](C)OC(=O)c1ccc(C)c(C)c1. The topological polar surface area (TPSA) is 55.4 Å². The third kappa shape index (κ3) is 4.47. The summed E-state index contributed by atoms with van der Waals surface area (Å²) < 4.78 is 5.33. The number of amides is 1. The molecule has 1 N–H and O–H groups in total. The van der Waals surface area contributed by atoms with Gasteiger partial charge in [-0.3, -0.25) is 4.79 Å². The van der Waals surface area contributed by atoms with Crippen molar-refractivity contribution in [2.45, 2.75) is 47.1 Å². The van der Waals surface area contributed by atoms with Crippen molar-refractivity contribution < 1.29 is 14.3 Å². The van der Waals surface area contributed by atoms with Gasteiger partial charge in [-0.15, -0.1) is 0 Å². The Balaban J connectivity index is 2.08. The van der Waals surface area contributed by atoms with E-state index in [2.05, 4.69) is 5.32 Å². The zero-order valence-corrected chi connectivity index (χ0v) is 15.5. The molecule has 4 heteroatoms. The minimum Gasteiger partial charge on any atom is -0.449 e. The largest absolute Gasteiger partial charge is 0.449 e. The molecular weight excluding hydrogens is 314 g/mol. The Morgan fingerprint density at radius 1 is 1.04 bits per heavy atom. The number of para-hydroxylation sites is 1. The molecule has 0 saturated heterocycles. The van der Waals surface area contributed by atoms with Gasteiger partial charge < -0.3 is 10.1 Å². The molecule has 0 heterocycles. The summed E-state index contributed by atoms with van der Waals surface area (Å²) in [6, 6.07) is 11.3. The van der Waals surface area contributed by atoms with Crippen molar-refractivity contribution in [2.24, 2.45) is 0 Å². The van der Waals surface area contributed by atoms with Crippen LogP contribution in [0.15, 0.2) is 36.4 Å². The minimum absolute atomic E-state index is 0.332. The number of anilines is 1. The summed E-state index contributed by atoms with van der Waals surface area (Å²) in [7, 11) is 0. The zero-order valence-electron chi connectivity index (χ0n) is 15.5. The number of aryl methyl sites for hydroxylation is 4. The second kappa shape index (κ2) is 7.97. The van der Waals surface area contributed by atoms with Gasteiger partial charge in [0.2, 0.25) is 0 Å². The standard InChI is InChI=1S/C21H25NO3/c1-6-17-9-7-8-14(3)19(17)22-20(23)16(5)25-21(24)18-11-10-13(2)15(4)12-18/h7-12,16H,6H2,1-5H3,(H,22,23)/t16-/m0/s1. The number of ether oxygens (including phenoxy) is 1. The number of nitrogens with one attached hydrogen (secondary N) is 1. The maximum atomic E-state index is 12.4. The molecule has 0 aliphatic heterocycles. The quantitative estimate of drug-likeness (QED) is 0.824. The highest BCUT2D eigenvalue weighted by Crippen LogP contribution is 2.21. The number of benzene rings is 2. The van der Waals surface area contributed by atoms with Gasteiger partial charge in [0, 0.05) is 5.69 Å². The molecule has 0 unspecified atom stereocenters. The van der Waals surface area contributed by atoms with E-state index in [0.717, 1.165) is 34.4 Å². The Morgan fingerprint density at radius 2 is 1.76 bits per heavy atom. The molecule has 0 saturated carbocycles. The van der Waals surface area contributed by atoms with Crippen LogP contribution in [0.1, 0.15) is 46.5 Å². The molecule has 0 spiro atoms. The Bertz CT molecular complexity index is 796. The van der Waals surface area contributed by atoms with Crippen LogP contribution >= 0.6 is 0 Å². The summed E-state index contributed by atoms with van der Waals surface area (Å²) in [6.45, 7) is 9.48. The maximum Gasteiger partial charge on any atom is 0.338 e. The molecule has 2 rings (SSSR count). The van der Waals surface area contributed by atoms with E-state index in [4.69, 9.17) is 4.74 Å². The Kier molecular flexibility index (Phi) is 5.97. The average molecular weight is 339 g/mol. The van der Waals surface area contributed by atoms with Gasteiger partial charge >= 0.3 is 5.97 Å². The number of rotatable bonds is 5. The third-order valence-corrected chi connectivity index (χ3v) is 4.38. The molecule has 0 fully saturated rings. The highest BCUT2D eigenvalue weighted by molar-refractivity contribution is 5.98. The molecular formula is C21H25NO3. The summed E-state index contributed by atoms with van der Waals surface area (Å²) in [4.78, 5) is 24.7. The number of hydrogen-bond acceptors (Lipinski definition) is 3. The monoisotopic (exact) mass is 339 g/mol. The minimum atomic E-state index is -0.876. The fourth-order valence-corrected chi connectivity index (χ4v) is 2.58. The first kappa shape index (κ1) is 18.7. The van der Waals surface area contributed by atoms with Crippen LogP contribution in [0.5, 0.6) is 0 Å². The molecule has 2 aromatic rings. The van der Waals surface area contributed by atoms with E-state index in [9.17, 15) is 9.59 Å².